The van der Waals surface area contributed by atoms with Crippen molar-refractivity contribution in [3.05, 3.63) is 65.5 Å². The van der Waals surface area contributed by atoms with Gasteiger partial charge in [-0.15, -0.1) is 0 Å². The van der Waals surface area contributed by atoms with Gasteiger partial charge in [0.2, 0.25) is 5.91 Å². The molecule has 3 N–H and O–H groups in total. The monoisotopic (exact) mass is 454 g/mol. The van der Waals surface area contributed by atoms with Crippen LogP contribution in [0.3, 0.4) is 0 Å². The number of hydrogen-bond acceptors (Lipinski definition) is 3. The van der Waals surface area contributed by atoms with Gasteiger partial charge in [-0.3, -0.25) is 9.59 Å². The Morgan fingerprint density at radius 2 is 1.53 bits per heavy atom. The zero-order valence-electron chi connectivity index (χ0n) is 17.1. The SMILES string of the molecule is CCCNC(=O)C1(c2ccc(NC(=O)c3ccc(F)cc3)cc2)CC1.O=C(O)C(F)(F)F. The summed E-state index contributed by atoms with van der Waals surface area (Å²) < 4.78 is 44.7. The highest BCUT2D eigenvalue weighted by Crippen LogP contribution is 2.48. The predicted molar refractivity (Wildman–Crippen MR) is 109 cm³/mol. The molecule has 0 bridgehead atoms. The molecular weight excluding hydrogens is 432 g/mol. The number of carbonyl (C=O) groups is 3. The molecule has 0 heterocycles. The number of benzene rings is 2. The van der Waals surface area contributed by atoms with E-state index in [-0.39, 0.29) is 17.6 Å². The number of hydrogen-bond donors (Lipinski definition) is 3. The summed E-state index contributed by atoms with van der Waals surface area (Å²) in [5.41, 5.74) is 1.60. The quantitative estimate of drug-likeness (QED) is 0.568. The van der Waals surface area contributed by atoms with Gasteiger partial charge < -0.3 is 15.7 Å². The topological polar surface area (TPSA) is 95.5 Å². The maximum Gasteiger partial charge on any atom is 0.490 e. The normalized spacial score (nSPS) is 13.9. The van der Waals surface area contributed by atoms with Gasteiger partial charge in [0.05, 0.1) is 5.41 Å². The fourth-order valence-electron chi connectivity index (χ4n) is 2.86. The second kappa shape index (κ2) is 10.3. The average molecular weight is 454 g/mol. The second-order valence-electron chi connectivity index (χ2n) is 7.18. The summed E-state index contributed by atoms with van der Waals surface area (Å²) in [6.45, 7) is 2.71. The fourth-order valence-corrected chi connectivity index (χ4v) is 2.86. The molecule has 0 spiro atoms. The molecule has 2 aromatic carbocycles. The third-order valence-electron chi connectivity index (χ3n) is 4.76. The number of anilines is 1. The molecule has 2 aromatic rings. The van der Waals surface area contributed by atoms with E-state index in [9.17, 15) is 27.2 Å². The first-order chi connectivity index (χ1) is 15.0. The maximum atomic E-state index is 12.9. The van der Waals surface area contributed by atoms with Crippen LogP contribution in [-0.4, -0.2) is 35.6 Å². The molecule has 0 saturated heterocycles. The molecule has 1 aliphatic rings. The summed E-state index contributed by atoms with van der Waals surface area (Å²) in [6, 6.07) is 12.8. The van der Waals surface area contributed by atoms with Crippen molar-refractivity contribution >= 4 is 23.5 Å². The van der Waals surface area contributed by atoms with Gasteiger partial charge in [-0.25, -0.2) is 9.18 Å². The van der Waals surface area contributed by atoms with Crippen molar-refractivity contribution in [1.29, 1.82) is 0 Å². The molecule has 0 aromatic heterocycles. The van der Waals surface area contributed by atoms with E-state index in [4.69, 9.17) is 9.90 Å². The molecule has 1 saturated carbocycles. The van der Waals surface area contributed by atoms with E-state index in [1.165, 1.54) is 24.3 Å². The molecule has 3 rings (SSSR count). The Labute approximate surface area is 181 Å². The number of rotatable bonds is 6. The Morgan fingerprint density at radius 3 is 1.97 bits per heavy atom. The number of carboxylic acid groups (broad SMARTS) is 1. The molecule has 172 valence electrons. The number of nitrogens with one attached hydrogen (secondary N) is 2. The van der Waals surface area contributed by atoms with Gasteiger partial charge >= 0.3 is 12.1 Å². The number of alkyl halides is 3. The number of aliphatic carboxylic acids is 1. The third kappa shape index (κ3) is 6.53. The van der Waals surface area contributed by atoms with E-state index in [1.807, 2.05) is 19.1 Å². The molecule has 0 aliphatic heterocycles. The summed E-state index contributed by atoms with van der Waals surface area (Å²) in [7, 11) is 0. The lowest BCUT2D eigenvalue weighted by molar-refractivity contribution is -0.192. The highest BCUT2D eigenvalue weighted by atomic mass is 19.4. The summed E-state index contributed by atoms with van der Waals surface area (Å²) in [5, 5.41) is 12.9. The van der Waals surface area contributed by atoms with Crippen molar-refractivity contribution in [3.63, 3.8) is 0 Å². The molecular formula is C22H22F4N2O4. The standard InChI is InChI=1S/C20H21FN2O2.C2HF3O2/c1-2-13-22-19(25)20(11-12-20)15-5-9-17(10-6-15)23-18(24)14-3-7-16(21)8-4-14;3-2(4,5)1(6)7/h3-10H,2,11-13H2,1H3,(H,22,25)(H,23,24);(H,6,7). The van der Waals surface area contributed by atoms with Crippen LogP contribution in [0.15, 0.2) is 48.5 Å². The third-order valence-corrected chi connectivity index (χ3v) is 4.76. The van der Waals surface area contributed by atoms with Crippen LogP contribution < -0.4 is 10.6 Å². The zero-order valence-corrected chi connectivity index (χ0v) is 17.1. The highest BCUT2D eigenvalue weighted by molar-refractivity contribution is 6.04. The first-order valence-corrected chi connectivity index (χ1v) is 9.75. The predicted octanol–water partition coefficient (Wildman–Crippen LogP) is 4.27. The van der Waals surface area contributed by atoms with Crippen molar-refractivity contribution in [2.45, 2.75) is 37.8 Å². The van der Waals surface area contributed by atoms with Crippen LogP contribution in [-0.2, 0) is 15.0 Å². The van der Waals surface area contributed by atoms with Gasteiger partial charge in [0.25, 0.3) is 5.91 Å². The second-order valence-corrected chi connectivity index (χ2v) is 7.18. The minimum atomic E-state index is -5.08. The minimum absolute atomic E-state index is 0.0810. The van der Waals surface area contributed by atoms with Gasteiger partial charge in [0.1, 0.15) is 5.82 Å². The zero-order chi connectivity index (χ0) is 23.9. The van der Waals surface area contributed by atoms with Gasteiger partial charge in [0.15, 0.2) is 0 Å². The van der Waals surface area contributed by atoms with Gasteiger partial charge in [0, 0.05) is 17.8 Å². The first-order valence-electron chi connectivity index (χ1n) is 9.75. The molecule has 32 heavy (non-hydrogen) atoms. The lowest BCUT2D eigenvalue weighted by Crippen LogP contribution is -2.35. The van der Waals surface area contributed by atoms with Crippen LogP contribution in [0.2, 0.25) is 0 Å². The van der Waals surface area contributed by atoms with Gasteiger partial charge in [-0.1, -0.05) is 19.1 Å². The van der Waals surface area contributed by atoms with E-state index in [0.717, 1.165) is 24.8 Å². The van der Waals surface area contributed by atoms with E-state index < -0.39 is 17.6 Å². The molecule has 1 aliphatic carbocycles. The van der Waals surface area contributed by atoms with E-state index in [1.54, 1.807) is 12.1 Å². The molecule has 1 fully saturated rings. The molecule has 0 radical (unpaired) electrons. The lowest BCUT2D eigenvalue weighted by Gasteiger charge is -2.16. The van der Waals surface area contributed by atoms with Crippen LogP contribution in [0.1, 0.15) is 42.1 Å². The smallest absolute Gasteiger partial charge is 0.475 e. The molecule has 2 amide bonds. The Balaban J connectivity index is 0.000000451. The van der Waals surface area contributed by atoms with E-state index >= 15 is 0 Å². The van der Waals surface area contributed by atoms with Crippen molar-refractivity contribution in [2.75, 3.05) is 11.9 Å². The van der Waals surface area contributed by atoms with Gasteiger partial charge in [-0.05, 0) is 61.2 Å². The van der Waals surface area contributed by atoms with Gasteiger partial charge in [-0.2, -0.15) is 13.2 Å². The average Bonchev–Trinajstić information content (AvgIpc) is 3.55. The molecule has 10 heteroatoms. The lowest BCUT2D eigenvalue weighted by atomic mass is 9.94. The highest BCUT2D eigenvalue weighted by Gasteiger charge is 2.50. The number of amides is 2. The van der Waals surface area contributed by atoms with Crippen LogP contribution in [0.5, 0.6) is 0 Å². The summed E-state index contributed by atoms with van der Waals surface area (Å²) in [4.78, 5) is 33.4. The first kappa shape index (κ1) is 24.8. The van der Waals surface area contributed by atoms with Crippen LogP contribution >= 0.6 is 0 Å². The maximum absolute atomic E-state index is 12.9. The van der Waals surface area contributed by atoms with Crippen LogP contribution in [0, 0.1) is 5.82 Å². The Kier molecular flexibility index (Phi) is 7.96. The van der Waals surface area contributed by atoms with E-state index in [2.05, 4.69) is 10.6 Å². The Bertz CT molecular complexity index is 953. The fraction of sp³-hybridized carbons (Fsp3) is 0.318. The molecule has 0 unspecified atom stereocenters. The summed E-state index contributed by atoms with van der Waals surface area (Å²) >= 11 is 0. The molecule has 0 atom stereocenters. The van der Waals surface area contributed by atoms with Crippen molar-refractivity contribution < 1.29 is 37.1 Å². The van der Waals surface area contributed by atoms with Crippen LogP contribution in [0.25, 0.3) is 0 Å². The largest absolute Gasteiger partial charge is 0.490 e. The van der Waals surface area contributed by atoms with Crippen molar-refractivity contribution in [1.82, 2.24) is 5.32 Å². The summed E-state index contributed by atoms with van der Waals surface area (Å²) in [6.07, 6.45) is -2.47. The van der Waals surface area contributed by atoms with Crippen molar-refractivity contribution in [3.8, 4) is 0 Å². The minimum Gasteiger partial charge on any atom is -0.475 e. The molecule has 6 nitrogen and oxygen atoms in total. The number of carboxylic acids is 1. The Morgan fingerprint density at radius 1 is 1.00 bits per heavy atom. The van der Waals surface area contributed by atoms with Crippen LogP contribution in [0.4, 0.5) is 23.2 Å². The van der Waals surface area contributed by atoms with Crippen molar-refractivity contribution in [2.24, 2.45) is 0 Å². The van der Waals surface area contributed by atoms with E-state index in [0.29, 0.717) is 17.8 Å². The number of halogens is 4. The number of carbonyl (C=O) groups excluding carboxylic acids is 2. The Hall–Kier alpha value is -3.43. The summed E-state index contributed by atoms with van der Waals surface area (Å²) in [5.74, 6) is -3.35.